The molecule has 0 bridgehead atoms. The van der Waals surface area contributed by atoms with Gasteiger partial charge in [-0.15, -0.1) is 0 Å². The molecule has 0 aliphatic heterocycles. The van der Waals surface area contributed by atoms with Crippen molar-refractivity contribution >= 4 is 42.8 Å². The number of hydrogen-bond acceptors (Lipinski definition) is 5. The Kier molecular flexibility index (Phi) is 4.23. The van der Waals surface area contributed by atoms with Crippen molar-refractivity contribution in [3.05, 3.63) is 53.0 Å². The Balaban J connectivity index is 1.62. The Bertz CT molecular complexity index is 1240. The number of rotatable bonds is 4. The molecule has 1 aromatic carbocycles. The van der Waals surface area contributed by atoms with Crippen LogP contribution in [0, 0.1) is 6.92 Å². The molecule has 0 amide bonds. The second kappa shape index (κ2) is 6.46. The van der Waals surface area contributed by atoms with Crippen LogP contribution in [0.4, 0.5) is 5.69 Å². The maximum atomic E-state index is 12.3. The van der Waals surface area contributed by atoms with Crippen LogP contribution < -0.4 is 4.72 Å². The van der Waals surface area contributed by atoms with E-state index in [-0.39, 0.29) is 5.03 Å². The lowest BCUT2D eigenvalue weighted by Gasteiger charge is -2.06. The van der Waals surface area contributed by atoms with Crippen LogP contribution in [-0.2, 0) is 17.1 Å². The SMILES string of the molecule is Cc1c(Br)cnc2nc(-c3ccc(NS(=O)(=O)c4cn(C)cn4)cc3)[nH]c12. The predicted molar refractivity (Wildman–Crippen MR) is 106 cm³/mol. The van der Waals surface area contributed by atoms with Gasteiger partial charge in [0.1, 0.15) is 5.82 Å². The lowest BCUT2D eigenvalue weighted by molar-refractivity contribution is 0.598. The Morgan fingerprint density at radius 1 is 1.19 bits per heavy atom. The van der Waals surface area contributed by atoms with Crippen LogP contribution in [0.1, 0.15) is 5.56 Å². The van der Waals surface area contributed by atoms with E-state index in [9.17, 15) is 8.42 Å². The van der Waals surface area contributed by atoms with Crippen LogP contribution in [-0.4, -0.2) is 32.9 Å². The number of benzene rings is 1. The number of imidazole rings is 2. The fraction of sp³-hybridized carbons (Fsp3) is 0.118. The molecule has 27 heavy (non-hydrogen) atoms. The van der Waals surface area contributed by atoms with Crippen LogP contribution in [0.2, 0.25) is 0 Å². The molecule has 0 atom stereocenters. The third-order valence-electron chi connectivity index (χ3n) is 4.09. The monoisotopic (exact) mass is 446 g/mol. The van der Waals surface area contributed by atoms with Crippen molar-refractivity contribution in [1.29, 1.82) is 0 Å². The van der Waals surface area contributed by atoms with E-state index in [4.69, 9.17) is 0 Å². The van der Waals surface area contributed by atoms with Crippen molar-refractivity contribution in [3.8, 4) is 11.4 Å². The van der Waals surface area contributed by atoms with Gasteiger partial charge in [-0.2, -0.15) is 8.42 Å². The second-order valence-corrected chi connectivity index (χ2v) is 8.56. The van der Waals surface area contributed by atoms with E-state index in [1.165, 1.54) is 12.5 Å². The Labute approximate surface area is 163 Å². The van der Waals surface area contributed by atoms with E-state index in [2.05, 4.69) is 40.6 Å². The number of pyridine rings is 1. The smallest absolute Gasteiger partial charge is 0.280 e. The molecule has 4 aromatic rings. The molecule has 2 N–H and O–H groups in total. The number of nitrogens with zero attached hydrogens (tertiary/aromatic N) is 4. The molecule has 3 heterocycles. The molecule has 8 nitrogen and oxygen atoms in total. The number of aromatic nitrogens is 5. The van der Waals surface area contributed by atoms with Crippen molar-refractivity contribution in [3.63, 3.8) is 0 Å². The first-order valence-electron chi connectivity index (χ1n) is 7.95. The molecule has 0 radical (unpaired) electrons. The maximum absolute atomic E-state index is 12.3. The highest BCUT2D eigenvalue weighted by atomic mass is 79.9. The first-order valence-corrected chi connectivity index (χ1v) is 10.2. The van der Waals surface area contributed by atoms with Crippen LogP contribution in [0.3, 0.4) is 0 Å². The van der Waals surface area contributed by atoms with Gasteiger partial charge in [0.2, 0.25) is 0 Å². The van der Waals surface area contributed by atoms with Crippen molar-refractivity contribution in [2.75, 3.05) is 4.72 Å². The van der Waals surface area contributed by atoms with Crippen molar-refractivity contribution in [2.24, 2.45) is 7.05 Å². The first kappa shape index (κ1) is 17.7. The minimum atomic E-state index is -3.72. The standard InChI is InChI=1S/C17H15BrN6O2S/c1-10-13(18)7-19-17-15(10)21-16(22-17)11-3-5-12(6-4-11)23-27(25,26)14-8-24(2)9-20-14/h3-9,23H,1-2H3,(H,19,21,22). The number of fused-ring (bicyclic) bond motifs is 1. The molecule has 0 spiro atoms. The van der Waals surface area contributed by atoms with E-state index >= 15 is 0 Å². The average molecular weight is 447 g/mol. The molecule has 0 unspecified atom stereocenters. The molecule has 3 aromatic heterocycles. The van der Waals surface area contributed by atoms with Crippen LogP contribution in [0.15, 0.2) is 52.5 Å². The molecule has 0 saturated carbocycles. The summed E-state index contributed by atoms with van der Waals surface area (Å²) < 4.78 is 29.7. The lowest BCUT2D eigenvalue weighted by Crippen LogP contribution is -2.13. The summed E-state index contributed by atoms with van der Waals surface area (Å²) in [4.78, 5) is 15.9. The van der Waals surface area contributed by atoms with E-state index in [1.807, 2.05) is 6.92 Å². The van der Waals surface area contributed by atoms with E-state index in [0.29, 0.717) is 17.2 Å². The summed E-state index contributed by atoms with van der Waals surface area (Å²) in [6.07, 6.45) is 4.60. The lowest BCUT2D eigenvalue weighted by atomic mass is 10.2. The van der Waals surface area contributed by atoms with E-state index in [0.717, 1.165) is 21.1 Å². The highest BCUT2D eigenvalue weighted by molar-refractivity contribution is 9.10. The number of anilines is 1. The zero-order valence-electron chi connectivity index (χ0n) is 14.4. The molecule has 4 rings (SSSR count). The molecular weight excluding hydrogens is 432 g/mol. The predicted octanol–water partition coefficient (Wildman–Crippen LogP) is 3.23. The minimum absolute atomic E-state index is 0.0292. The summed E-state index contributed by atoms with van der Waals surface area (Å²) in [7, 11) is -2.01. The number of halogens is 1. The fourth-order valence-corrected chi connectivity index (χ4v) is 3.96. The van der Waals surface area contributed by atoms with Gasteiger partial charge in [0.15, 0.2) is 10.7 Å². The van der Waals surface area contributed by atoms with Gasteiger partial charge >= 0.3 is 0 Å². The Hall–Kier alpha value is -2.72. The highest BCUT2D eigenvalue weighted by Crippen LogP contribution is 2.26. The summed E-state index contributed by atoms with van der Waals surface area (Å²) in [5.74, 6) is 0.665. The van der Waals surface area contributed by atoms with Gasteiger partial charge in [-0.1, -0.05) is 0 Å². The average Bonchev–Trinajstić information content (AvgIpc) is 3.26. The minimum Gasteiger partial charge on any atom is -0.339 e. The zero-order valence-corrected chi connectivity index (χ0v) is 16.8. The van der Waals surface area contributed by atoms with Gasteiger partial charge in [-0.25, -0.2) is 15.0 Å². The van der Waals surface area contributed by atoms with Gasteiger partial charge < -0.3 is 9.55 Å². The molecule has 10 heteroatoms. The molecule has 0 saturated heterocycles. The summed E-state index contributed by atoms with van der Waals surface area (Å²) >= 11 is 3.46. The van der Waals surface area contributed by atoms with Gasteiger partial charge in [-0.05, 0) is 52.7 Å². The second-order valence-electron chi connectivity index (χ2n) is 6.08. The van der Waals surface area contributed by atoms with Crippen molar-refractivity contribution < 1.29 is 8.42 Å². The summed E-state index contributed by atoms with van der Waals surface area (Å²) in [5, 5.41) is -0.0292. The Morgan fingerprint density at radius 3 is 2.59 bits per heavy atom. The topological polar surface area (TPSA) is 106 Å². The van der Waals surface area contributed by atoms with Gasteiger partial charge in [0.05, 0.1) is 11.8 Å². The van der Waals surface area contributed by atoms with E-state index in [1.54, 1.807) is 42.1 Å². The molecular formula is C17H15BrN6O2S. The normalized spacial score (nSPS) is 11.8. The quantitative estimate of drug-likeness (QED) is 0.500. The summed E-state index contributed by atoms with van der Waals surface area (Å²) in [5.41, 5.74) is 3.78. The molecule has 0 aliphatic carbocycles. The number of nitrogens with one attached hydrogen (secondary N) is 2. The summed E-state index contributed by atoms with van der Waals surface area (Å²) in [6.45, 7) is 1.98. The van der Waals surface area contributed by atoms with Crippen LogP contribution in [0.25, 0.3) is 22.6 Å². The molecule has 0 fully saturated rings. The van der Waals surface area contributed by atoms with Crippen molar-refractivity contribution in [1.82, 2.24) is 24.5 Å². The largest absolute Gasteiger partial charge is 0.339 e. The number of aromatic amines is 1. The van der Waals surface area contributed by atoms with Crippen LogP contribution >= 0.6 is 15.9 Å². The molecule has 0 aliphatic rings. The van der Waals surface area contributed by atoms with Crippen LogP contribution in [0.5, 0.6) is 0 Å². The summed E-state index contributed by atoms with van der Waals surface area (Å²) in [6, 6.07) is 6.94. The van der Waals surface area contributed by atoms with E-state index < -0.39 is 10.0 Å². The highest BCUT2D eigenvalue weighted by Gasteiger charge is 2.17. The number of sulfonamides is 1. The zero-order chi connectivity index (χ0) is 19.2. The maximum Gasteiger partial charge on any atom is 0.280 e. The van der Waals surface area contributed by atoms with Gasteiger partial charge in [-0.3, -0.25) is 4.72 Å². The third kappa shape index (κ3) is 3.33. The Morgan fingerprint density at radius 2 is 1.93 bits per heavy atom. The fourth-order valence-electron chi connectivity index (χ4n) is 2.62. The number of aryl methyl sites for hydroxylation is 2. The first-order chi connectivity index (χ1) is 12.8. The molecule has 138 valence electrons. The number of H-pyrrole nitrogens is 1. The number of hydrogen-bond donors (Lipinski definition) is 2. The third-order valence-corrected chi connectivity index (χ3v) is 6.15. The van der Waals surface area contributed by atoms with Gasteiger partial charge in [0.25, 0.3) is 10.0 Å². The van der Waals surface area contributed by atoms with Crippen molar-refractivity contribution in [2.45, 2.75) is 11.9 Å². The van der Waals surface area contributed by atoms with Gasteiger partial charge in [0, 0.05) is 35.2 Å².